The molecule has 3 fully saturated rings. The Morgan fingerprint density at radius 3 is 2.43 bits per heavy atom. The van der Waals surface area contributed by atoms with Crippen molar-refractivity contribution in [2.24, 2.45) is 0 Å². The number of aromatic nitrogens is 1. The average molecular weight is 675 g/mol. The number of benzene rings is 3. The number of Topliss-reactive ketones (excluding diaryl/α,β-unsaturated/α-hetero) is 1. The van der Waals surface area contributed by atoms with Gasteiger partial charge < -0.3 is 19.4 Å². The van der Waals surface area contributed by atoms with E-state index in [0.29, 0.717) is 24.3 Å². The number of halogens is 3. The van der Waals surface area contributed by atoms with Gasteiger partial charge in [-0.05, 0) is 80.1 Å². The smallest absolute Gasteiger partial charge is 0.496 e. The summed E-state index contributed by atoms with van der Waals surface area (Å²) >= 11 is 0. The molecule has 10 heteroatoms. The van der Waals surface area contributed by atoms with Gasteiger partial charge in [0, 0.05) is 79.5 Å². The summed E-state index contributed by atoms with van der Waals surface area (Å²) in [6.45, 7) is 5.45. The van der Waals surface area contributed by atoms with Crippen molar-refractivity contribution in [1.82, 2.24) is 19.7 Å². The van der Waals surface area contributed by atoms with Gasteiger partial charge in [-0.3, -0.25) is 14.6 Å². The third-order valence-corrected chi connectivity index (χ3v) is 10.5. The molecule has 7 rings (SSSR count). The molecule has 0 saturated carbocycles. The number of unbranched alkanes of at least 4 members (excludes halogenated alkanes) is 1. The first-order valence-electron chi connectivity index (χ1n) is 17.6. The maximum Gasteiger partial charge on any atom is 0.573 e. The Bertz CT molecular complexity index is 1750. The van der Waals surface area contributed by atoms with Gasteiger partial charge in [-0.25, -0.2) is 0 Å². The molecule has 0 radical (unpaired) electrons. The van der Waals surface area contributed by atoms with Gasteiger partial charge in [0.15, 0.2) is 0 Å². The number of fused-ring (bicyclic) bond motifs is 3. The van der Waals surface area contributed by atoms with Crippen LogP contribution in [-0.4, -0.2) is 71.4 Å². The largest absolute Gasteiger partial charge is 0.573 e. The molecule has 1 aromatic heterocycles. The lowest BCUT2D eigenvalue weighted by Crippen LogP contribution is -2.45. The first kappa shape index (κ1) is 33.6. The Labute approximate surface area is 286 Å². The second-order valence-corrected chi connectivity index (χ2v) is 13.8. The molecule has 49 heavy (non-hydrogen) atoms. The van der Waals surface area contributed by atoms with Gasteiger partial charge in [0.2, 0.25) is 0 Å². The molecule has 3 atom stereocenters. The molecule has 2 bridgehead atoms. The van der Waals surface area contributed by atoms with Crippen molar-refractivity contribution >= 4 is 16.7 Å². The van der Waals surface area contributed by atoms with Gasteiger partial charge in [0.25, 0.3) is 0 Å². The number of rotatable bonds is 13. The predicted molar refractivity (Wildman–Crippen MR) is 185 cm³/mol. The molecule has 3 unspecified atom stereocenters. The fraction of sp³-hybridized carbons (Fsp3) is 0.462. The zero-order valence-electron chi connectivity index (χ0n) is 28.1. The lowest BCUT2D eigenvalue weighted by atomic mass is 9.98. The molecule has 3 saturated heterocycles. The molecule has 260 valence electrons. The summed E-state index contributed by atoms with van der Waals surface area (Å²) in [5.74, 6) is 1.01. The van der Waals surface area contributed by atoms with Gasteiger partial charge in [0.05, 0.1) is 13.2 Å². The number of piperidine rings is 1. The highest BCUT2D eigenvalue weighted by Crippen LogP contribution is 2.37. The first-order valence-corrected chi connectivity index (χ1v) is 17.6. The summed E-state index contributed by atoms with van der Waals surface area (Å²) < 4.78 is 50.5. The SMILES string of the molecule is COc1ccccc1CN1CC2CC1CN2Cc1ccc2c(c1)c(-c1ccc(OC(F)(F)F)cc1)cn2CCCCC(=O)C1CCCCN1. The van der Waals surface area contributed by atoms with Crippen LogP contribution in [0.3, 0.4) is 0 Å². The van der Waals surface area contributed by atoms with E-state index in [1.807, 2.05) is 12.1 Å². The maximum absolute atomic E-state index is 12.8. The highest BCUT2D eigenvalue weighted by atomic mass is 19.4. The molecule has 4 aromatic rings. The van der Waals surface area contributed by atoms with E-state index in [1.54, 1.807) is 19.2 Å². The summed E-state index contributed by atoms with van der Waals surface area (Å²) in [5.41, 5.74) is 5.33. The Morgan fingerprint density at radius 1 is 0.939 bits per heavy atom. The fourth-order valence-electron chi connectivity index (χ4n) is 8.08. The van der Waals surface area contributed by atoms with Crippen LogP contribution in [0.25, 0.3) is 22.0 Å². The first-order chi connectivity index (χ1) is 23.7. The van der Waals surface area contributed by atoms with Crippen LogP contribution in [0.5, 0.6) is 11.5 Å². The van der Waals surface area contributed by atoms with Crippen molar-refractivity contribution in [3.8, 4) is 22.6 Å². The van der Waals surface area contributed by atoms with E-state index in [4.69, 9.17) is 4.74 Å². The number of alkyl halides is 3. The quantitative estimate of drug-likeness (QED) is 0.148. The van der Waals surface area contributed by atoms with Crippen molar-refractivity contribution in [2.45, 2.75) is 89.1 Å². The number of hydrogen-bond acceptors (Lipinski definition) is 6. The van der Waals surface area contributed by atoms with E-state index in [1.165, 1.54) is 23.3 Å². The molecule has 0 aliphatic carbocycles. The van der Waals surface area contributed by atoms with Crippen LogP contribution in [0.2, 0.25) is 0 Å². The van der Waals surface area contributed by atoms with Crippen LogP contribution in [0, 0.1) is 0 Å². The average Bonchev–Trinajstić information content (AvgIpc) is 3.79. The monoisotopic (exact) mass is 674 g/mol. The molecule has 0 spiro atoms. The number of piperazine rings is 1. The molecule has 3 aliphatic heterocycles. The normalized spacial score (nSPS) is 21.4. The number of nitrogens with one attached hydrogen (secondary N) is 1. The zero-order chi connectivity index (χ0) is 34.0. The summed E-state index contributed by atoms with van der Waals surface area (Å²) in [7, 11) is 1.73. The predicted octanol–water partition coefficient (Wildman–Crippen LogP) is 7.56. The van der Waals surface area contributed by atoms with Gasteiger partial charge in [-0.15, -0.1) is 13.2 Å². The number of likely N-dealkylation sites (tertiary alicyclic amines) is 2. The van der Waals surface area contributed by atoms with E-state index >= 15 is 0 Å². The third kappa shape index (κ3) is 7.82. The number of ether oxygens (including phenoxy) is 2. The summed E-state index contributed by atoms with van der Waals surface area (Å²) in [5, 5.41) is 4.43. The van der Waals surface area contributed by atoms with Crippen LogP contribution in [0.15, 0.2) is 72.9 Å². The van der Waals surface area contributed by atoms with Crippen molar-refractivity contribution < 1.29 is 27.4 Å². The highest BCUT2D eigenvalue weighted by Gasteiger charge is 2.43. The summed E-state index contributed by atoms with van der Waals surface area (Å²) in [6.07, 6.45) is 3.95. The van der Waals surface area contributed by atoms with Gasteiger partial charge in [-0.2, -0.15) is 0 Å². The standard InChI is InChI=1S/C39H45F3N4O3/c1-48-38-11-3-2-8-29(38)23-46-25-30-21-31(46)24-45(30)22-27-12-17-36-33(20-27)34(28-13-15-32(16-14-28)49-39(40,41)42)26-44(36)19-7-5-10-37(47)35-9-4-6-18-43-35/h2-3,8,11-17,20,26,30-31,35,43H,4-7,9-10,18-19,21-25H2,1H3. The van der Waals surface area contributed by atoms with E-state index < -0.39 is 6.36 Å². The van der Waals surface area contributed by atoms with Crippen molar-refractivity contribution in [2.75, 3.05) is 26.7 Å². The number of para-hydroxylation sites is 1. The molecule has 0 amide bonds. The minimum absolute atomic E-state index is 0.00301. The van der Waals surface area contributed by atoms with Crippen LogP contribution in [0.1, 0.15) is 56.1 Å². The van der Waals surface area contributed by atoms with Crippen molar-refractivity contribution in [3.05, 3.63) is 84.1 Å². The lowest BCUT2D eigenvalue weighted by Gasteiger charge is -2.34. The Balaban J connectivity index is 1.06. The number of aryl methyl sites for hydroxylation is 1. The van der Waals surface area contributed by atoms with Crippen molar-refractivity contribution in [1.29, 1.82) is 0 Å². The molecule has 4 heterocycles. The Hall–Kier alpha value is -3.86. The van der Waals surface area contributed by atoms with Crippen LogP contribution >= 0.6 is 0 Å². The van der Waals surface area contributed by atoms with E-state index in [0.717, 1.165) is 106 Å². The highest BCUT2D eigenvalue weighted by molar-refractivity contribution is 5.96. The number of hydrogen-bond donors (Lipinski definition) is 1. The van der Waals surface area contributed by atoms with Crippen molar-refractivity contribution in [3.63, 3.8) is 0 Å². The number of methoxy groups -OCH3 is 1. The van der Waals surface area contributed by atoms with Crippen LogP contribution in [0.4, 0.5) is 13.2 Å². The van der Waals surface area contributed by atoms with Crippen LogP contribution in [-0.2, 0) is 24.4 Å². The zero-order valence-corrected chi connectivity index (χ0v) is 28.1. The van der Waals surface area contributed by atoms with Crippen LogP contribution < -0.4 is 14.8 Å². The molecule has 3 aliphatic rings. The molecule has 1 N–H and O–H groups in total. The Morgan fingerprint density at radius 2 is 1.71 bits per heavy atom. The molecule has 3 aromatic carbocycles. The second-order valence-electron chi connectivity index (χ2n) is 13.8. The second kappa shape index (κ2) is 14.5. The molecular weight excluding hydrogens is 629 g/mol. The lowest BCUT2D eigenvalue weighted by molar-refractivity contribution is -0.274. The van der Waals surface area contributed by atoms with Gasteiger partial charge in [-0.1, -0.05) is 42.8 Å². The fourth-order valence-corrected chi connectivity index (χ4v) is 8.08. The minimum Gasteiger partial charge on any atom is -0.496 e. The molecular formula is C39H45F3N4O3. The number of carbonyl (C=O) groups is 1. The van der Waals surface area contributed by atoms with E-state index in [9.17, 15) is 18.0 Å². The van der Waals surface area contributed by atoms with Gasteiger partial charge in [0.1, 0.15) is 17.3 Å². The topological polar surface area (TPSA) is 59.0 Å². The van der Waals surface area contributed by atoms with Gasteiger partial charge >= 0.3 is 6.36 Å². The third-order valence-electron chi connectivity index (χ3n) is 10.5. The van der Waals surface area contributed by atoms with E-state index in [-0.39, 0.29) is 11.8 Å². The minimum atomic E-state index is -4.73. The number of ketones is 1. The number of carbonyl (C=O) groups excluding carboxylic acids is 1. The van der Waals surface area contributed by atoms with E-state index in [2.05, 4.69) is 60.9 Å². The summed E-state index contributed by atoms with van der Waals surface area (Å²) in [4.78, 5) is 17.9. The molecule has 7 nitrogen and oxygen atoms in total. The summed E-state index contributed by atoms with van der Waals surface area (Å²) in [6, 6.07) is 22.0. The maximum atomic E-state index is 12.8. The Kier molecular flexibility index (Phi) is 9.99. The number of nitrogens with zero attached hydrogens (tertiary/aromatic N) is 3.